The van der Waals surface area contributed by atoms with E-state index < -0.39 is 23.0 Å². The Labute approximate surface area is 124 Å². The van der Waals surface area contributed by atoms with E-state index in [4.69, 9.17) is 0 Å². The van der Waals surface area contributed by atoms with Crippen molar-refractivity contribution in [2.45, 2.75) is 75.8 Å². The van der Waals surface area contributed by atoms with Gasteiger partial charge in [-0.2, -0.15) is 10.2 Å². The molecule has 0 aromatic heterocycles. The van der Waals surface area contributed by atoms with Crippen molar-refractivity contribution in [1.82, 2.24) is 0 Å². The van der Waals surface area contributed by atoms with Gasteiger partial charge in [0.05, 0.1) is 0 Å². The standard InChI is InChI=1S/C15H24N2O4/c1-11-7-3-6-10-15(11,13(20)21)17-16-14(12(18)19)8-4-2-5-9-14/h11H,2-10H2,1H3,(H,18,19)(H,20,21)/b17-16+. The molecule has 2 unspecified atom stereocenters. The lowest BCUT2D eigenvalue weighted by Crippen LogP contribution is -2.46. The van der Waals surface area contributed by atoms with E-state index in [0.717, 1.165) is 38.5 Å². The first-order valence-electron chi connectivity index (χ1n) is 7.84. The quantitative estimate of drug-likeness (QED) is 0.778. The van der Waals surface area contributed by atoms with Crippen LogP contribution in [-0.2, 0) is 9.59 Å². The van der Waals surface area contributed by atoms with Crippen molar-refractivity contribution in [2.75, 3.05) is 0 Å². The molecule has 6 nitrogen and oxygen atoms in total. The van der Waals surface area contributed by atoms with Gasteiger partial charge in [0.25, 0.3) is 0 Å². The van der Waals surface area contributed by atoms with Crippen molar-refractivity contribution >= 4 is 11.9 Å². The molecule has 0 amide bonds. The van der Waals surface area contributed by atoms with Gasteiger partial charge < -0.3 is 10.2 Å². The Bertz CT molecular complexity index is 443. The lowest BCUT2D eigenvalue weighted by molar-refractivity contribution is -0.149. The molecule has 2 atom stereocenters. The number of azo groups is 1. The van der Waals surface area contributed by atoms with Crippen LogP contribution in [0.5, 0.6) is 0 Å². The molecule has 0 saturated heterocycles. The van der Waals surface area contributed by atoms with Gasteiger partial charge >= 0.3 is 11.9 Å². The Hall–Kier alpha value is -1.46. The largest absolute Gasteiger partial charge is 0.479 e. The Morgan fingerprint density at radius 1 is 0.905 bits per heavy atom. The van der Waals surface area contributed by atoms with Gasteiger partial charge in [-0.25, -0.2) is 9.59 Å². The summed E-state index contributed by atoms with van der Waals surface area (Å²) in [5.74, 6) is -2.06. The lowest BCUT2D eigenvalue weighted by atomic mass is 9.74. The van der Waals surface area contributed by atoms with Gasteiger partial charge in [0.15, 0.2) is 11.1 Å². The topological polar surface area (TPSA) is 99.3 Å². The summed E-state index contributed by atoms with van der Waals surface area (Å²) in [4.78, 5) is 23.3. The van der Waals surface area contributed by atoms with Crippen molar-refractivity contribution < 1.29 is 19.8 Å². The molecule has 0 aromatic rings. The van der Waals surface area contributed by atoms with Gasteiger partial charge in [0, 0.05) is 0 Å². The van der Waals surface area contributed by atoms with Gasteiger partial charge in [0.1, 0.15) is 0 Å². The number of nitrogens with zero attached hydrogens (tertiary/aromatic N) is 2. The zero-order chi connectivity index (χ0) is 15.5. The average molecular weight is 296 g/mol. The van der Waals surface area contributed by atoms with E-state index in [0.29, 0.717) is 19.3 Å². The summed E-state index contributed by atoms with van der Waals surface area (Å²) < 4.78 is 0. The van der Waals surface area contributed by atoms with E-state index in [2.05, 4.69) is 10.2 Å². The van der Waals surface area contributed by atoms with Crippen LogP contribution in [0, 0.1) is 5.92 Å². The van der Waals surface area contributed by atoms with E-state index in [1.165, 1.54) is 0 Å². The minimum atomic E-state index is -1.24. The van der Waals surface area contributed by atoms with Crippen LogP contribution >= 0.6 is 0 Å². The van der Waals surface area contributed by atoms with Crippen LogP contribution in [0.25, 0.3) is 0 Å². The van der Waals surface area contributed by atoms with Crippen molar-refractivity contribution in [3.8, 4) is 0 Å². The average Bonchev–Trinajstić information content (AvgIpc) is 2.47. The zero-order valence-electron chi connectivity index (χ0n) is 12.5. The smallest absolute Gasteiger partial charge is 0.333 e. The highest BCUT2D eigenvalue weighted by Gasteiger charge is 2.48. The molecule has 118 valence electrons. The molecule has 2 saturated carbocycles. The van der Waals surface area contributed by atoms with Gasteiger partial charge in [-0.15, -0.1) is 0 Å². The molecule has 0 aromatic carbocycles. The first-order valence-corrected chi connectivity index (χ1v) is 7.84. The second-order valence-corrected chi connectivity index (χ2v) is 6.47. The molecule has 0 spiro atoms. The van der Waals surface area contributed by atoms with Crippen LogP contribution in [-0.4, -0.2) is 33.2 Å². The van der Waals surface area contributed by atoms with Crippen LogP contribution in [0.15, 0.2) is 10.2 Å². The Kier molecular flexibility index (Phi) is 4.64. The Morgan fingerprint density at radius 3 is 2.05 bits per heavy atom. The number of carboxylic acid groups (broad SMARTS) is 2. The summed E-state index contributed by atoms with van der Waals surface area (Å²) in [5.41, 5.74) is -2.45. The number of aliphatic carboxylic acids is 2. The van der Waals surface area contributed by atoms with Gasteiger partial charge in [0.2, 0.25) is 0 Å². The minimum Gasteiger partial charge on any atom is -0.479 e. The predicted octanol–water partition coefficient (Wildman–Crippen LogP) is 3.26. The molecule has 0 heterocycles. The van der Waals surface area contributed by atoms with E-state index >= 15 is 0 Å². The highest BCUT2D eigenvalue weighted by molar-refractivity contribution is 5.80. The van der Waals surface area contributed by atoms with Crippen molar-refractivity contribution in [2.24, 2.45) is 16.1 Å². The molecule has 2 fully saturated rings. The maximum Gasteiger partial charge on any atom is 0.333 e. The third-order valence-corrected chi connectivity index (χ3v) is 5.13. The Balaban J connectivity index is 2.30. The molecule has 0 radical (unpaired) electrons. The lowest BCUT2D eigenvalue weighted by Gasteiger charge is -2.36. The van der Waals surface area contributed by atoms with Crippen LogP contribution < -0.4 is 0 Å². The van der Waals surface area contributed by atoms with E-state index in [1.807, 2.05) is 6.92 Å². The number of carbonyl (C=O) groups is 2. The maximum absolute atomic E-state index is 11.7. The summed E-state index contributed by atoms with van der Waals surface area (Å²) in [6.45, 7) is 1.88. The summed E-state index contributed by atoms with van der Waals surface area (Å²) in [6, 6.07) is 0. The number of rotatable bonds is 4. The van der Waals surface area contributed by atoms with Crippen molar-refractivity contribution in [1.29, 1.82) is 0 Å². The molecule has 2 aliphatic carbocycles. The predicted molar refractivity (Wildman–Crippen MR) is 76.3 cm³/mol. The highest BCUT2D eigenvalue weighted by atomic mass is 16.4. The van der Waals surface area contributed by atoms with Gasteiger partial charge in [-0.1, -0.05) is 39.0 Å². The molecule has 6 heteroatoms. The van der Waals surface area contributed by atoms with Crippen LogP contribution in [0.4, 0.5) is 0 Å². The summed E-state index contributed by atoms with van der Waals surface area (Å²) >= 11 is 0. The summed E-state index contributed by atoms with van der Waals surface area (Å²) in [7, 11) is 0. The zero-order valence-corrected chi connectivity index (χ0v) is 12.5. The van der Waals surface area contributed by atoms with Gasteiger partial charge in [-0.05, 0) is 31.6 Å². The minimum absolute atomic E-state index is 0.109. The third-order valence-electron chi connectivity index (χ3n) is 5.13. The van der Waals surface area contributed by atoms with Crippen LogP contribution in [0.3, 0.4) is 0 Å². The van der Waals surface area contributed by atoms with E-state index in [9.17, 15) is 19.8 Å². The summed E-state index contributed by atoms with van der Waals surface area (Å²) in [6.07, 6.45) is 6.57. The molecule has 2 aliphatic rings. The number of carboxylic acids is 2. The maximum atomic E-state index is 11.7. The molecule has 0 bridgehead atoms. The highest BCUT2D eigenvalue weighted by Crippen LogP contribution is 2.40. The molecule has 2 rings (SSSR count). The fourth-order valence-electron chi connectivity index (χ4n) is 3.52. The Morgan fingerprint density at radius 2 is 1.52 bits per heavy atom. The van der Waals surface area contributed by atoms with E-state index in [-0.39, 0.29) is 5.92 Å². The van der Waals surface area contributed by atoms with Crippen molar-refractivity contribution in [3.05, 3.63) is 0 Å². The van der Waals surface area contributed by atoms with Crippen LogP contribution in [0.1, 0.15) is 64.7 Å². The molecule has 2 N–H and O–H groups in total. The molecular weight excluding hydrogens is 272 g/mol. The van der Waals surface area contributed by atoms with Crippen LogP contribution in [0.2, 0.25) is 0 Å². The number of hydrogen-bond donors (Lipinski definition) is 2. The fraction of sp³-hybridized carbons (Fsp3) is 0.867. The molecule has 21 heavy (non-hydrogen) atoms. The van der Waals surface area contributed by atoms with Crippen molar-refractivity contribution in [3.63, 3.8) is 0 Å². The van der Waals surface area contributed by atoms with Gasteiger partial charge in [-0.3, -0.25) is 0 Å². The third kappa shape index (κ3) is 2.94. The SMILES string of the molecule is CC1CCCCC1(/N=N/C1(C(=O)O)CCCCC1)C(=O)O. The summed E-state index contributed by atoms with van der Waals surface area (Å²) in [5, 5.41) is 27.4. The molecule has 0 aliphatic heterocycles. The second kappa shape index (κ2) is 6.12. The first kappa shape index (κ1) is 15.9. The fourth-order valence-corrected chi connectivity index (χ4v) is 3.52. The molecular formula is C15H24N2O4. The number of hydrogen-bond acceptors (Lipinski definition) is 4. The normalized spacial score (nSPS) is 32.9. The monoisotopic (exact) mass is 296 g/mol. The van der Waals surface area contributed by atoms with E-state index in [1.54, 1.807) is 0 Å². The first-order chi connectivity index (χ1) is 9.93. The second-order valence-electron chi connectivity index (χ2n) is 6.47.